The molecular weight excluding hydrogens is 368 g/mol. The number of hydrogen-bond acceptors (Lipinski definition) is 1. The Morgan fingerprint density at radius 3 is 2.42 bits per heavy atom. The van der Waals surface area contributed by atoms with E-state index in [1.807, 2.05) is 12.1 Å². The second-order valence-corrected chi connectivity index (χ2v) is 6.43. The highest BCUT2D eigenvalue weighted by Gasteiger charge is 2.12. The van der Waals surface area contributed by atoms with Gasteiger partial charge in [-0.3, -0.25) is 0 Å². The lowest BCUT2D eigenvalue weighted by atomic mass is 10.0. The van der Waals surface area contributed by atoms with Gasteiger partial charge in [-0.05, 0) is 48.2 Å². The molecule has 100 valence electrons. The van der Waals surface area contributed by atoms with E-state index in [9.17, 15) is 0 Å². The minimum atomic E-state index is 0.318. The predicted molar refractivity (Wildman–Crippen MR) is 87.2 cm³/mol. The molecule has 3 heteroatoms. The number of ether oxygens (including phenoxy) is 1. The highest BCUT2D eigenvalue weighted by atomic mass is 79.9. The van der Waals surface area contributed by atoms with Gasteiger partial charge in [0.15, 0.2) is 0 Å². The molecule has 2 rings (SSSR count). The minimum absolute atomic E-state index is 0.318. The Morgan fingerprint density at radius 1 is 1.11 bits per heavy atom. The predicted octanol–water partition coefficient (Wildman–Crippen LogP) is 5.44. The van der Waals surface area contributed by atoms with Gasteiger partial charge in [0.25, 0.3) is 0 Å². The van der Waals surface area contributed by atoms with Crippen LogP contribution in [0.2, 0.25) is 0 Å². The minimum Gasteiger partial charge on any atom is -0.497 e. The van der Waals surface area contributed by atoms with Gasteiger partial charge >= 0.3 is 0 Å². The van der Waals surface area contributed by atoms with Crippen LogP contribution in [-0.2, 0) is 6.42 Å². The molecule has 0 saturated carbocycles. The molecule has 0 heterocycles. The van der Waals surface area contributed by atoms with Crippen LogP contribution in [0.15, 0.2) is 46.9 Å². The molecule has 2 aromatic rings. The van der Waals surface area contributed by atoms with Crippen molar-refractivity contribution in [1.29, 1.82) is 0 Å². The quantitative estimate of drug-likeness (QED) is 0.638. The third-order valence-electron chi connectivity index (χ3n) is 3.22. The molecule has 0 aromatic heterocycles. The van der Waals surface area contributed by atoms with E-state index in [-0.39, 0.29) is 0 Å². The van der Waals surface area contributed by atoms with Crippen molar-refractivity contribution in [3.8, 4) is 5.75 Å². The molecule has 0 aliphatic rings. The topological polar surface area (TPSA) is 9.23 Å². The molecule has 2 aromatic carbocycles. The van der Waals surface area contributed by atoms with Gasteiger partial charge in [0.2, 0.25) is 0 Å². The first-order chi connectivity index (χ1) is 9.11. The van der Waals surface area contributed by atoms with Crippen LogP contribution >= 0.6 is 31.9 Å². The molecule has 0 N–H and O–H groups in total. The summed E-state index contributed by atoms with van der Waals surface area (Å²) in [7, 11) is 1.69. The lowest BCUT2D eigenvalue weighted by Crippen LogP contribution is -1.98. The smallest absolute Gasteiger partial charge is 0.118 e. The maximum atomic E-state index is 5.18. The molecular formula is C16H16Br2O. The summed E-state index contributed by atoms with van der Waals surface area (Å²) in [5.41, 5.74) is 3.91. The highest BCUT2D eigenvalue weighted by molar-refractivity contribution is 9.10. The number of benzene rings is 2. The molecule has 0 aliphatic heterocycles. The third-order valence-corrected chi connectivity index (χ3v) is 4.90. The second-order valence-electron chi connectivity index (χ2n) is 4.47. The summed E-state index contributed by atoms with van der Waals surface area (Å²) in [4.78, 5) is 0.318. The zero-order valence-corrected chi connectivity index (χ0v) is 14.2. The molecule has 0 saturated heterocycles. The summed E-state index contributed by atoms with van der Waals surface area (Å²) < 4.78 is 6.33. The van der Waals surface area contributed by atoms with Gasteiger partial charge in [-0.2, -0.15) is 0 Å². The number of alkyl halides is 1. The van der Waals surface area contributed by atoms with Crippen LogP contribution in [-0.4, -0.2) is 7.11 Å². The second kappa shape index (κ2) is 6.58. The molecule has 0 fully saturated rings. The summed E-state index contributed by atoms with van der Waals surface area (Å²) in [5.74, 6) is 0.897. The maximum absolute atomic E-state index is 5.18. The van der Waals surface area contributed by atoms with Crippen molar-refractivity contribution >= 4 is 31.9 Å². The fourth-order valence-electron chi connectivity index (χ4n) is 2.04. The van der Waals surface area contributed by atoms with Crippen molar-refractivity contribution in [2.45, 2.75) is 18.2 Å². The average molecular weight is 384 g/mol. The van der Waals surface area contributed by atoms with Crippen LogP contribution in [0.1, 0.15) is 21.5 Å². The Balaban J connectivity index is 2.15. The molecule has 1 unspecified atom stereocenters. The van der Waals surface area contributed by atoms with Crippen molar-refractivity contribution in [1.82, 2.24) is 0 Å². The monoisotopic (exact) mass is 382 g/mol. The van der Waals surface area contributed by atoms with Gasteiger partial charge in [-0.25, -0.2) is 0 Å². The van der Waals surface area contributed by atoms with Crippen LogP contribution in [0, 0.1) is 6.92 Å². The Kier molecular flexibility index (Phi) is 5.06. The van der Waals surface area contributed by atoms with E-state index in [0.717, 1.165) is 16.6 Å². The van der Waals surface area contributed by atoms with Crippen LogP contribution in [0.4, 0.5) is 0 Å². The molecule has 0 amide bonds. The van der Waals surface area contributed by atoms with Crippen molar-refractivity contribution < 1.29 is 4.74 Å². The first-order valence-electron chi connectivity index (χ1n) is 6.14. The van der Waals surface area contributed by atoms with Gasteiger partial charge in [0, 0.05) is 9.30 Å². The Bertz CT molecular complexity index is 549. The third kappa shape index (κ3) is 3.61. The molecule has 0 radical (unpaired) electrons. The van der Waals surface area contributed by atoms with Crippen LogP contribution in [0.5, 0.6) is 5.75 Å². The average Bonchev–Trinajstić information content (AvgIpc) is 2.42. The number of rotatable bonds is 4. The zero-order valence-electron chi connectivity index (χ0n) is 11.0. The van der Waals surface area contributed by atoms with E-state index in [2.05, 4.69) is 69.1 Å². The number of halogens is 2. The summed E-state index contributed by atoms with van der Waals surface area (Å²) in [5, 5.41) is 0. The van der Waals surface area contributed by atoms with E-state index in [0.29, 0.717) is 4.83 Å². The highest BCUT2D eigenvalue weighted by Crippen LogP contribution is 2.32. The van der Waals surface area contributed by atoms with E-state index in [4.69, 9.17) is 4.74 Å². The first-order valence-corrected chi connectivity index (χ1v) is 7.84. The summed E-state index contributed by atoms with van der Waals surface area (Å²) in [6.07, 6.45) is 0.960. The van der Waals surface area contributed by atoms with E-state index < -0.39 is 0 Å². The van der Waals surface area contributed by atoms with Gasteiger partial charge in [-0.1, -0.05) is 56.1 Å². The van der Waals surface area contributed by atoms with Crippen molar-refractivity contribution in [2.24, 2.45) is 0 Å². The molecule has 1 nitrogen and oxygen atoms in total. The van der Waals surface area contributed by atoms with Gasteiger partial charge in [0.1, 0.15) is 5.75 Å². The van der Waals surface area contributed by atoms with Crippen molar-refractivity contribution in [3.05, 3.63) is 63.6 Å². The Hall–Kier alpha value is -0.800. The maximum Gasteiger partial charge on any atom is 0.118 e. The summed E-state index contributed by atoms with van der Waals surface area (Å²) >= 11 is 7.37. The Morgan fingerprint density at radius 2 is 1.79 bits per heavy atom. The molecule has 19 heavy (non-hydrogen) atoms. The fraction of sp³-hybridized carbons (Fsp3) is 0.250. The van der Waals surface area contributed by atoms with E-state index in [1.165, 1.54) is 16.7 Å². The summed E-state index contributed by atoms with van der Waals surface area (Å²) in [6, 6.07) is 14.6. The molecule has 0 bridgehead atoms. The van der Waals surface area contributed by atoms with Crippen LogP contribution in [0.25, 0.3) is 0 Å². The molecule has 0 aliphatic carbocycles. The SMILES string of the molecule is COc1ccc(CC(Br)c2cccc(Br)c2C)cc1. The van der Waals surface area contributed by atoms with Gasteiger partial charge in [0.05, 0.1) is 7.11 Å². The lowest BCUT2D eigenvalue weighted by molar-refractivity contribution is 0.414. The summed E-state index contributed by atoms with van der Waals surface area (Å²) in [6.45, 7) is 2.14. The van der Waals surface area contributed by atoms with Gasteiger partial charge < -0.3 is 4.74 Å². The number of methoxy groups -OCH3 is 1. The van der Waals surface area contributed by atoms with Crippen molar-refractivity contribution in [2.75, 3.05) is 7.11 Å². The van der Waals surface area contributed by atoms with E-state index in [1.54, 1.807) is 7.11 Å². The van der Waals surface area contributed by atoms with E-state index >= 15 is 0 Å². The standard InChI is InChI=1S/C16H16Br2O/c1-11-14(4-3-5-15(11)17)16(18)10-12-6-8-13(19-2)9-7-12/h3-9,16H,10H2,1-2H3. The molecule has 0 spiro atoms. The van der Waals surface area contributed by atoms with Crippen LogP contribution in [0.3, 0.4) is 0 Å². The fourth-order valence-corrected chi connectivity index (χ4v) is 3.29. The van der Waals surface area contributed by atoms with Crippen LogP contribution < -0.4 is 4.74 Å². The number of hydrogen-bond donors (Lipinski definition) is 0. The zero-order chi connectivity index (χ0) is 13.8. The van der Waals surface area contributed by atoms with Gasteiger partial charge in [-0.15, -0.1) is 0 Å². The van der Waals surface area contributed by atoms with Crippen molar-refractivity contribution in [3.63, 3.8) is 0 Å². The normalized spacial score (nSPS) is 12.2. The Labute approximate surface area is 131 Å². The molecule has 1 atom stereocenters. The largest absolute Gasteiger partial charge is 0.497 e. The first kappa shape index (κ1) is 14.6. The lowest BCUT2D eigenvalue weighted by Gasteiger charge is -2.14.